The van der Waals surface area contributed by atoms with E-state index in [1.54, 1.807) is 0 Å². The average molecular weight is 342 g/mol. The Kier molecular flexibility index (Phi) is 3.21. The second-order valence-corrected chi connectivity index (χ2v) is 5.19. The van der Waals surface area contributed by atoms with E-state index < -0.39 is 0 Å². The summed E-state index contributed by atoms with van der Waals surface area (Å²) in [6.45, 7) is 0. The first-order valence-corrected chi connectivity index (χ1v) is 6.27. The van der Waals surface area contributed by atoms with Gasteiger partial charge < -0.3 is 11.5 Å². The molecule has 0 aliphatic heterocycles. The van der Waals surface area contributed by atoms with Crippen LogP contribution in [0, 0.1) is 0 Å². The molecule has 0 saturated carbocycles. The normalized spacial score (nSPS) is 10.4. The van der Waals surface area contributed by atoms with E-state index in [1.165, 1.54) is 0 Å². The van der Waals surface area contributed by atoms with Crippen molar-refractivity contribution in [2.24, 2.45) is 0 Å². The molecule has 0 unspecified atom stereocenters. The molecule has 4 N–H and O–H groups in total. The van der Waals surface area contributed by atoms with Crippen LogP contribution in [0.1, 0.15) is 0 Å². The van der Waals surface area contributed by atoms with Gasteiger partial charge in [-0.05, 0) is 35.4 Å². The second kappa shape index (κ2) is 4.47. The maximum Gasteiger partial charge on any atom is 0.0325 e. The molecule has 2 rings (SSSR count). The van der Waals surface area contributed by atoms with Crippen LogP contribution in [0.25, 0.3) is 11.1 Å². The molecule has 0 atom stereocenters. The molecule has 0 bridgehead atoms. The largest absolute Gasteiger partial charge is 0.399 e. The fraction of sp³-hybridized carbons (Fsp3) is 0. The number of rotatable bonds is 1. The summed E-state index contributed by atoms with van der Waals surface area (Å²) in [7, 11) is 0. The minimum absolute atomic E-state index is 0.738. The van der Waals surface area contributed by atoms with E-state index in [4.69, 9.17) is 11.5 Å². The van der Waals surface area contributed by atoms with Gasteiger partial charge in [-0.15, -0.1) is 0 Å². The zero-order valence-corrected chi connectivity index (χ0v) is 11.5. The first-order chi connectivity index (χ1) is 7.58. The lowest BCUT2D eigenvalue weighted by molar-refractivity contribution is 1.55. The maximum absolute atomic E-state index is 5.71. The van der Waals surface area contributed by atoms with Gasteiger partial charge in [0.25, 0.3) is 0 Å². The minimum Gasteiger partial charge on any atom is -0.399 e. The third kappa shape index (κ3) is 2.23. The van der Waals surface area contributed by atoms with Crippen LogP contribution in [0.2, 0.25) is 0 Å². The Morgan fingerprint density at radius 2 is 1.06 bits per heavy atom. The Balaban J connectivity index is 2.59. The molecule has 0 aliphatic carbocycles. The summed E-state index contributed by atoms with van der Waals surface area (Å²) in [4.78, 5) is 0. The number of nitrogen functional groups attached to an aromatic ring is 2. The van der Waals surface area contributed by atoms with E-state index in [1.807, 2.05) is 36.4 Å². The molecule has 0 fully saturated rings. The van der Waals surface area contributed by atoms with Crippen molar-refractivity contribution in [3.8, 4) is 11.1 Å². The van der Waals surface area contributed by atoms with Crippen molar-refractivity contribution in [1.29, 1.82) is 0 Å². The zero-order valence-electron chi connectivity index (χ0n) is 8.37. The highest BCUT2D eigenvalue weighted by molar-refractivity contribution is 9.11. The summed E-state index contributed by atoms with van der Waals surface area (Å²) in [5, 5.41) is 0. The predicted octanol–water partition coefficient (Wildman–Crippen LogP) is 4.04. The van der Waals surface area contributed by atoms with Gasteiger partial charge in [0.2, 0.25) is 0 Å². The van der Waals surface area contributed by atoms with Gasteiger partial charge in [-0.3, -0.25) is 0 Å². The van der Waals surface area contributed by atoms with Crippen molar-refractivity contribution in [3.63, 3.8) is 0 Å². The van der Waals surface area contributed by atoms with E-state index in [-0.39, 0.29) is 0 Å². The van der Waals surface area contributed by atoms with Gasteiger partial charge in [0.15, 0.2) is 0 Å². The van der Waals surface area contributed by atoms with Crippen molar-refractivity contribution in [2.45, 2.75) is 0 Å². The predicted molar refractivity (Wildman–Crippen MR) is 76.1 cm³/mol. The molecule has 82 valence electrons. The van der Waals surface area contributed by atoms with E-state index in [0.717, 1.165) is 31.4 Å². The lowest BCUT2D eigenvalue weighted by Gasteiger charge is -2.08. The average Bonchev–Trinajstić information content (AvgIpc) is 2.19. The van der Waals surface area contributed by atoms with Crippen LogP contribution in [0.3, 0.4) is 0 Å². The van der Waals surface area contributed by atoms with Gasteiger partial charge in [0.1, 0.15) is 0 Å². The van der Waals surface area contributed by atoms with Crippen LogP contribution in [0.15, 0.2) is 45.3 Å². The Hall–Kier alpha value is -1.00. The van der Waals surface area contributed by atoms with E-state index in [9.17, 15) is 0 Å². The summed E-state index contributed by atoms with van der Waals surface area (Å²) in [5.41, 5.74) is 15.1. The number of anilines is 2. The molecule has 0 amide bonds. The number of benzene rings is 2. The van der Waals surface area contributed by atoms with Crippen LogP contribution in [-0.4, -0.2) is 0 Å². The summed E-state index contributed by atoms with van der Waals surface area (Å²) < 4.78 is 1.94. The van der Waals surface area contributed by atoms with Crippen LogP contribution in [-0.2, 0) is 0 Å². The number of nitrogens with two attached hydrogens (primary N) is 2. The van der Waals surface area contributed by atoms with Gasteiger partial charge in [0, 0.05) is 20.3 Å². The van der Waals surface area contributed by atoms with Gasteiger partial charge in [-0.2, -0.15) is 0 Å². The fourth-order valence-corrected chi connectivity index (χ4v) is 2.72. The van der Waals surface area contributed by atoms with Crippen molar-refractivity contribution in [2.75, 3.05) is 11.5 Å². The van der Waals surface area contributed by atoms with Crippen LogP contribution in [0.4, 0.5) is 11.4 Å². The molecule has 0 spiro atoms. The van der Waals surface area contributed by atoms with Crippen LogP contribution < -0.4 is 11.5 Å². The Bertz CT molecular complexity index is 489. The van der Waals surface area contributed by atoms with E-state index in [0.29, 0.717) is 0 Å². The topological polar surface area (TPSA) is 52.0 Å². The summed E-state index contributed by atoms with van der Waals surface area (Å²) >= 11 is 7.01. The molecule has 2 aromatic rings. The summed E-state index contributed by atoms with van der Waals surface area (Å²) in [6.07, 6.45) is 0. The summed E-state index contributed by atoms with van der Waals surface area (Å²) in [6, 6.07) is 11.5. The number of hydrogen-bond acceptors (Lipinski definition) is 2. The molecule has 0 aromatic heterocycles. The molecule has 2 aromatic carbocycles. The highest BCUT2D eigenvalue weighted by Crippen LogP contribution is 2.35. The molecule has 0 heterocycles. The third-order valence-electron chi connectivity index (χ3n) is 2.28. The highest BCUT2D eigenvalue weighted by atomic mass is 79.9. The monoisotopic (exact) mass is 340 g/mol. The van der Waals surface area contributed by atoms with Crippen molar-refractivity contribution >= 4 is 43.2 Å². The van der Waals surface area contributed by atoms with Gasteiger partial charge in [-0.25, -0.2) is 0 Å². The second-order valence-electron chi connectivity index (χ2n) is 3.48. The van der Waals surface area contributed by atoms with E-state index >= 15 is 0 Å². The van der Waals surface area contributed by atoms with Crippen molar-refractivity contribution < 1.29 is 0 Å². The smallest absolute Gasteiger partial charge is 0.0325 e. The zero-order chi connectivity index (χ0) is 11.7. The molecule has 0 saturated heterocycles. The SMILES string of the molecule is Nc1ccc(-c2ccc(N)cc2Br)c(Br)c1. The Morgan fingerprint density at radius 1 is 0.688 bits per heavy atom. The fourth-order valence-electron chi connectivity index (χ4n) is 1.50. The Labute approximate surface area is 111 Å². The van der Waals surface area contributed by atoms with Gasteiger partial charge >= 0.3 is 0 Å². The lowest BCUT2D eigenvalue weighted by Crippen LogP contribution is -1.89. The van der Waals surface area contributed by atoms with Gasteiger partial charge in [0.05, 0.1) is 0 Å². The van der Waals surface area contributed by atoms with Crippen molar-refractivity contribution in [3.05, 3.63) is 45.3 Å². The molecule has 2 nitrogen and oxygen atoms in total. The number of halogens is 2. The van der Waals surface area contributed by atoms with Crippen molar-refractivity contribution in [1.82, 2.24) is 0 Å². The first kappa shape index (κ1) is 11.5. The van der Waals surface area contributed by atoms with Crippen LogP contribution >= 0.6 is 31.9 Å². The standard InChI is InChI=1S/C12H10Br2N2/c13-11-5-7(15)1-3-9(11)10-4-2-8(16)6-12(10)14/h1-6H,15-16H2. The van der Waals surface area contributed by atoms with Crippen LogP contribution in [0.5, 0.6) is 0 Å². The first-order valence-electron chi connectivity index (χ1n) is 4.68. The molecule has 0 aliphatic rings. The molecular weight excluding hydrogens is 332 g/mol. The number of hydrogen-bond donors (Lipinski definition) is 2. The molecule has 0 radical (unpaired) electrons. The molecule has 4 heteroatoms. The minimum atomic E-state index is 0.738. The molecular formula is C12H10Br2N2. The third-order valence-corrected chi connectivity index (χ3v) is 3.59. The molecule has 16 heavy (non-hydrogen) atoms. The summed E-state index contributed by atoms with van der Waals surface area (Å²) in [5.74, 6) is 0. The maximum atomic E-state index is 5.71. The van der Waals surface area contributed by atoms with E-state index in [2.05, 4.69) is 31.9 Å². The quantitative estimate of drug-likeness (QED) is 0.769. The van der Waals surface area contributed by atoms with Gasteiger partial charge in [-0.1, -0.05) is 44.0 Å². The lowest BCUT2D eigenvalue weighted by atomic mass is 10.1. The highest BCUT2D eigenvalue weighted by Gasteiger charge is 2.07. The Morgan fingerprint density at radius 3 is 1.38 bits per heavy atom.